The Kier molecular flexibility index (Phi) is 7.25. The van der Waals surface area contributed by atoms with Crippen molar-refractivity contribution >= 4 is 11.6 Å². The SMILES string of the molecule is CCOCc1nc(NC)cc(NC(COC)C(C)C)n1. The minimum Gasteiger partial charge on any atom is -0.383 e. The van der Waals surface area contributed by atoms with Crippen molar-refractivity contribution in [2.45, 2.75) is 33.4 Å². The Labute approximate surface area is 121 Å². The molecule has 1 rings (SSSR count). The molecule has 0 saturated heterocycles. The molecule has 2 N–H and O–H groups in total. The fourth-order valence-electron chi connectivity index (χ4n) is 1.73. The van der Waals surface area contributed by atoms with Crippen LogP contribution in [0.2, 0.25) is 0 Å². The lowest BCUT2D eigenvalue weighted by atomic mass is 10.1. The first-order valence-corrected chi connectivity index (χ1v) is 6.99. The molecule has 0 aliphatic heterocycles. The lowest BCUT2D eigenvalue weighted by Crippen LogP contribution is -2.31. The van der Waals surface area contributed by atoms with Gasteiger partial charge in [0, 0.05) is 26.8 Å². The van der Waals surface area contributed by atoms with Gasteiger partial charge in [-0.25, -0.2) is 9.97 Å². The maximum atomic E-state index is 5.37. The topological polar surface area (TPSA) is 68.3 Å². The molecular formula is C14H26N4O2. The van der Waals surface area contributed by atoms with Gasteiger partial charge in [0.2, 0.25) is 0 Å². The number of rotatable bonds is 9. The van der Waals surface area contributed by atoms with Crippen molar-refractivity contribution in [2.75, 3.05) is 38.0 Å². The number of ether oxygens (including phenoxy) is 2. The van der Waals surface area contributed by atoms with Crippen molar-refractivity contribution in [1.29, 1.82) is 0 Å². The summed E-state index contributed by atoms with van der Waals surface area (Å²) < 4.78 is 10.6. The minimum absolute atomic E-state index is 0.208. The minimum atomic E-state index is 0.208. The number of hydrogen-bond donors (Lipinski definition) is 2. The molecule has 6 nitrogen and oxygen atoms in total. The molecule has 1 aromatic rings. The summed E-state index contributed by atoms with van der Waals surface area (Å²) >= 11 is 0. The summed E-state index contributed by atoms with van der Waals surface area (Å²) in [5, 5.41) is 6.44. The lowest BCUT2D eigenvalue weighted by Gasteiger charge is -2.22. The van der Waals surface area contributed by atoms with Crippen molar-refractivity contribution in [3.8, 4) is 0 Å². The van der Waals surface area contributed by atoms with Crippen LogP contribution in [0.1, 0.15) is 26.6 Å². The van der Waals surface area contributed by atoms with E-state index in [1.165, 1.54) is 0 Å². The van der Waals surface area contributed by atoms with Crippen molar-refractivity contribution in [3.63, 3.8) is 0 Å². The Hall–Kier alpha value is -1.40. The highest BCUT2D eigenvalue weighted by molar-refractivity contribution is 5.47. The molecule has 0 radical (unpaired) electrons. The molecule has 0 aromatic carbocycles. The maximum Gasteiger partial charge on any atom is 0.158 e. The zero-order valence-corrected chi connectivity index (χ0v) is 13.1. The standard InChI is InChI=1S/C14H26N4O2/c1-6-20-9-14-17-12(15-4)7-13(18-14)16-11(8-19-5)10(2)3/h7,10-11H,6,8-9H2,1-5H3,(H2,15,16,17,18). The number of anilines is 2. The third-order valence-corrected chi connectivity index (χ3v) is 2.95. The molecule has 0 spiro atoms. The summed E-state index contributed by atoms with van der Waals surface area (Å²) in [4.78, 5) is 8.85. The van der Waals surface area contributed by atoms with Gasteiger partial charge in [0.05, 0.1) is 12.6 Å². The van der Waals surface area contributed by atoms with Crippen LogP contribution >= 0.6 is 0 Å². The number of nitrogens with zero attached hydrogens (tertiary/aromatic N) is 2. The first-order valence-electron chi connectivity index (χ1n) is 6.99. The van der Waals surface area contributed by atoms with E-state index in [-0.39, 0.29) is 6.04 Å². The normalized spacial score (nSPS) is 12.5. The largest absolute Gasteiger partial charge is 0.383 e. The summed E-state index contributed by atoms with van der Waals surface area (Å²) in [6.07, 6.45) is 0. The zero-order chi connectivity index (χ0) is 15.0. The highest BCUT2D eigenvalue weighted by atomic mass is 16.5. The average molecular weight is 282 g/mol. The van der Waals surface area contributed by atoms with Crippen molar-refractivity contribution < 1.29 is 9.47 Å². The fraction of sp³-hybridized carbons (Fsp3) is 0.714. The third kappa shape index (κ3) is 5.30. The Bertz CT molecular complexity index is 399. The maximum absolute atomic E-state index is 5.37. The predicted octanol–water partition coefficient (Wildman–Crippen LogP) is 2.14. The van der Waals surface area contributed by atoms with Gasteiger partial charge in [0.25, 0.3) is 0 Å². The summed E-state index contributed by atoms with van der Waals surface area (Å²) in [7, 11) is 3.54. The quantitative estimate of drug-likeness (QED) is 0.723. The number of hydrogen-bond acceptors (Lipinski definition) is 6. The fourth-order valence-corrected chi connectivity index (χ4v) is 1.73. The summed E-state index contributed by atoms with van der Waals surface area (Å²) in [5.41, 5.74) is 0. The second-order valence-corrected chi connectivity index (χ2v) is 4.89. The number of aromatic nitrogens is 2. The average Bonchev–Trinajstić information content (AvgIpc) is 2.44. The molecule has 1 unspecified atom stereocenters. The van der Waals surface area contributed by atoms with E-state index in [1.807, 2.05) is 20.0 Å². The molecule has 1 heterocycles. The van der Waals surface area contributed by atoms with Crippen LogP contribution in [0, 0.1) is 5.92 Å². The molecule has 0 bridgehead atoms. The summed E-state index contributed by atoms with van der Waals surface area (Å²) in [5.74, 6) is 2.67. The second-order valence-electron chi connectivity index (χ2n) is 4.89. The van der Waals surface area contributed by atoms with Crippen LogP contribution in [0.15, 0.2) is 6.07 Å². The van der Waals surface area contributed by atoms with Gasteiger partial charge in [-0.15, -0.1) is 0 Å². The summed E-state index contributed by atoms with van der Waals surface area (Å²) in [6.45, 7) is 7.95. The van der Waals surface area contributed by atoms with Gasteiger partial charge in [-0.1, -0.05) is 13.8 Å². The van der Waals surface area contributed by atoms with Gasteiger partial charge in [-0.2, -0.15) is 0 Å². The van der Waals surface area contributed by atoms with E-state index < -0.39 is 0 Å². The Morgan fingerprint density at radius 2 is 1.95 bits per heavy atom. The predicted molar refractivity (Wildman–Crippen MR) is 81.0 cm³/mol. The smallest absolute Gasteiger partial charge is 0.158 e. The van der Waals surface area contributed by atoms with E-state index in [9.17, 15) is 0 Å². The zero-order valence-electron chi connectivity index (χ0n) is 13.1. The molecular weight excluding hydrogens is 256 g/mol. The Morgan fingerprint density at radius 1 is 1.25 bits per heavy atom. The molecule has 1 atom stereocenters. The van der Waals surface area contributed by atoms with Crippen LogP contribution < -0.4 is 10.6 Å². The Balaban J connectivity index is 2.86. The Morgan fingerprint density at radius 3 is 2.50 bits per heavy atom. The molecule has 6 heteroatoms. The molecule has 0 aliphatic carbocycles. The van der Waals surface area contributed by atoms with Gasteiger partial charge in [-0.05, 0) is 12.8 Å². The van der Waals surface area contributed by atoms with E-state index in [0.29, 0.717) is 31.6 Å². The molecule has 0 amide bonds. The lowest BCUT2D eigenvalue weighted by molar-refractivity contribution is 0.128. The van der Waals surface area contributed by atoms with E-state index >= 15 is 0 Å². The third-order valence-electron chi connectivity index (χ3n) is 2.95. The molecule has 20 heavy (non-hydrogen) atoms. The highest BCUT2D eigenvalue weighted by Gasteiger charge is 2.14. The van der Waals surface area contributed by atoms with Crippen LogP contribution in [-0.2, 0) is 16.1 Å². The van der Waals surface area contributed by atoms with E-state index in [0.717, 1.165) is 11.6 Å². The molecule has 114 valence electrons. The molecule has 0 fully saturated rings. The van der Waals surface area contributed by atoms with Gasteiger partial charge in [0.15, 0.2) is 5.82 Å². The number of nitrogens with one attached hydrogen (secondary N) is 2. The molecule has 0 saturated carbocycles. The van der Waals surface area contributed by atoms with Crippen LogP contribution in [0.4, 0.5) is 11.6 Å². The van der Waals surface area contributed by atoms with Gasteiger partial charge in [0.1, 0.15) is 18.2 Å². The first kappa shape index (κ1) is 16.7. The van der Waals surface area contributed by atoms with Crippen LogP contribution in [0.3, 0.4) is 0 Å². The van der Waals surface area contributed by atoms with Gasteiger partial charge >= 0.3 is 0 Å². The van der Waals surface area contributed by atoms with Gasteiger partial charge in [-0.3, -0.25) is 0 Å². The van der Waals surface area contributed by atoms with Gasteiger partial charge < -0.3 is 20.1 Å². The van der Waals surface area contributed by atoms with Crippen LogP contribution in [0.25, 0.3) is 0 Å². The van der Waals surface area contributed by atoms with E-state index in [2.05, 4.69) is 34.4 Å². The van der Waals surface area contributed by atoms with Crippen molar-refractivity contribution in [2.24, 2.45) is 5.92 Å². The summed E-state index contributed by atoms with van der Waals surface area (Å²) in [6, 6.07) is 2.10. The van der Waals surface area contributed by atoms with E-state index in [1.54, 1.807) is 7.11 Å². The molecule has 0 aliphatic rings. The van der Waals surface area contributed by atoms with Crippen molar-refractivity contribution in [1.82, 2.24) is 9.97 Å². The number of methoxy groups -OCH3 is 1. The van der Waals surface area contributed by atoms with E-state index in [4.69, 9.17) is 9.47 Å². The van der Waals surface area contributed by atoms with Crippen LogP contribution in [0.5, 0.6) is 0 Å². The highest BCUT2D eigenvalue weighted by Crippen LogP contribution is 2.15. The van der Waals surface area contributed by atoms with Crippen LogP contribution in [-0.4, -0.2) is 43.4 Å². The second kappa shape index (κ2) is 8.71. The monoisotopic (exact) mass is 282 g/mol. The molecule has 1 aromatic heterocycles. The first-order chi connectivity index (χ1) is 9.60. The van der Waals surface area contributed by atoms with Crippen molar-refractivity contribution in [3.05, 3.63) is 11.9 Å².